The number of alkyl halides is 1. The highest BCUT2D eigenvalue weighted by Gasteiger charge is 2.31. The van der Waals surface area contributed by atoms with Gasteiger partial charge >= 0.3 is 0 Å². The SMILES string of the molecule is CCn1nc(Cl)c(CCl)c1C1CC1. The largest absolute Gasteiger partial charge is 0.268 e. The first-order chi connectivity index (χ1) is 6.27. The average Bonchev–Trinajstić information content (AvgIpc) is 2.90. The second-order valence-corrected chi connectivity index (χ2v) is 4.00. The predicted octanol–water partition coefficient (Wildman–Crippen LogP) is 3.17. The minimum absolute atomic E-state index is 0.477. The van der Waals surface area contributed by atoms with Crippen LogP contribution in [0.4, 0.5) is 0 Å². The molecule has 0 unspecified atom stereocenters. The van der Waals surface area contributed by atoms with Crippen molar-refractivity contribution in [1.82, 2.24) is 9.78 Å². The van der Waals surface area contributed by atoms with Gasteiger partial charge in [-0.2, -0.15) is 5.10 Å². The molecular formula is C9H12Cl2N2. The molecule has 0 atom stereocenters. The fourth-order valence-electron chi connectivity index (χ4n) is 1.66. The molecule has 13 heavy (non-hydrogen) atoms. The van der Waals surface area contributed by atoms with Gasteiger partial charge in [-0.25, -0.2) is 0 Å². The first kappa shape index (κ1) is 9.35. The molecular weight excluding hydrogens is 207 g/mol. The van der Waals surface area contributed by atoms with E-state index in [0.717, 1.165) is 12.1 Å². The molecule has 0 saturated heterocycles. The Morgan fingerprint density at radius 2 is 2.23 bits per heavy atom. The quantitative estimate of drug-likeness (QED) is 0.714. The summed E-state index contributed by atoms with van der Waals surface area (Å²) in [6.07, 6.45) is 2.51. The molecule has 1 aromatic heterocycles. The zero-order chi connectivity index (χ0) is 9.42. The summed E-state index contributed by atoms with van der Waals surface area (Å²) in [5, 5.41) is 4.84. The molecule has 2 rings (SSSR count). The maximum atomic E-state index is 5.98. The van der Waals surface area contributed by atoms with E-state index in [1.54, 1.807) is 0 Å². The summed E-state index contributed by atoms with van der Waals surface area (Å²) >= 11 is 11.8. The molecule has 1 aromatic rings. The second kappa shape index (κ2) is 3.50. The molecule has 1 fully saturated rings. The Morgan fingerprint density at radius 1 is 1.54 bits per heavy atom. The van der Waals surface area contributed by atoms with Crippen molar-refractivity contribution < 1.29 is 0 Å². The van der Waals surface area contributed by atoms with E-state index >= 15 is 0 Å². The van der Waals surface area contributed by atoms with Crippen LogP contribution in [0.5, 0.6) is 0 Å². The molecule has 0 amide bonds. The molecule has 0 radical (unpaired) electrons. The Morgan fingerprint density at radius 3 is 2.69 bits per heavy atom. The number of aryl methyl sites for hydroxylation is 1. The summed E-state index contributed by atoms with van der Waals surface area (Å²) in [7, 11) is 0. The minimum atomic E-state index is 0.477. The summed E-state index contributed by atoms with van der Waals surface area (Å²) in [6.45, 7) is 2.95. The van der Waals surface area contributed by atoms with Crippen LogP contribution in [0.15, 0.2) is 0 Å². The van der Waals surface area contributed by atoms with Gasteiger partial charge in [0.15, 0.2) is 5.15 Å². The van der Waals surface area contributed by atoms with Gasteiger partial charge < -0.3 is 0 Å². The van der Waals surface area contributed by atoms with E-state index in [1.165, 1.54) is 18.5 Å². The smallest absolute Gasteiger partial charge is 0.155 e. The van der Waals surface area contributed by atoms with E-state index in [9.17, 15) is 0 Å². The lowest BCUT2D eigenvalue weighted by molar-refractivity contribution is 0.622. The highest BCUT2D eigenvalue weighted by Crippen LogP contribution is 2.43. The summed E-state index contributed by atoms with van der Waals surface area (Å²) in [6, 6.07) is 0. The van der Waals surface area contributed by atoms with Crippen LogP contribution in [0, 0.1) is 0 Å². The number of aromatic nitrogens is 2. The summed E-state index contributed by atoms with van der Waals surface area (Å²) in [5.74, 6) is 1.14. The van der Waals surface area contributed by atoms with Crippen molar-refractivity contribution in [3.63, 3.8) is 0 Å². The molecule has 1 aliphatic carbocycles. The molecule has 1 aliphatic rings. The first-order valence-electron chi connectivity index (χ1n) is 4.59. The van der Waals surface area contributed by atoms with Crippen molar-refractivity contribution in [1.29, 1.82) is 0 Å². The van der Waals surface area contributed by atoms with Crippen LogP contribution in [-0.4, -0.2) is 9.78 Å². The van der Waals surface area contributed by atoms with E-state index in [4.69, 9.17) is 23.2 Å². The van der Waals surface area contributed by atoms with Gasteiger partial charge in [0.2, 0.25) is 0 Å². The van der Waals surface area contributed by atoms with E-state index in [-0.39, 0.29) is 0 Å². The lowest BCUT2D eigenvalue weighted by atomic mass is 10.2. The number of hydrogen-bond donors (Lipinski definition) is 0. The topological polar surface area (TPSA) is 17.8 Å². The molecule has 0 bridgehead atoms. The lowest BCUT2D eigenvalue weighted by Crippen LogP contribution is -2.02. The van der Waals surface area contributed by atoms with Gasteiger partial charge in [-0.3, -0.25) is 4.68 Å². The third kappa shape index (κ3) is 1.57. The van der Waals surface area contributed by atoms with Crippen LogP contribution in [0.3, 0.4) is 0 Å². The summed E-state index contributed by atoms with van der Waals surface area (Å²) < 4.78 is 1.98. The molecule has 0 aromatic carbocycles. The lowest BCUT2D eigenvalue weighted by Gasteiger charge is -2.03. The van der Waals surface area contributed by atoms with Gasteiger partial charge in [0, 0.05) is 23.7 Å². The van der Waals surface area contributed by atoms with Crippen LogP contribution in [0.25, 0.3) is 0 Å². The van der Waals surface area contributed by atoms with E-state index in [1.807, 2.05) is 4.68 Å². The Kier molecular flexibility index (Phi) is 2.52. The fourth-order valence-corrected chi connectivity index (χ4v) is 2.25. The normalized spacial score (nSPS) is 16.5. The van der Waals surface area contributed by atoms with Crippen LogP contribution in [0.2, 0.25) is 5.15 Å². The molecule has 1 heterocycles. The zero-order valence-corrected chi connectivity index (χ0v) is 9.07. The third-order valence-corrected chi connectivity index (χ3v) is 3.01. The molecule has 1 saturated carbocycles. The van der Waals surface area contributed by atoms with Crippen molar-refractivity contribution in [3.05, 3.63) is 16.4 Å². The van der Waals surface area contributed by atoms with Crippen LogP contribution < -0.4 is 0 Å². The molecule has 72 valence electrons. The summed E-state index contributed by atoms with van der Waals surface area (Å²) in [4.78, 5) is 0. The standard InChI is InChI=1S/C9H12Cl2N2/c1-2-13-8(6-3-4-6)7(5-10)9(11)12-13/h6H,2-5H2,1H3. The van der Waals surface area contributed by atoms with Crippen LogP contribution >= 0.6 is 23.2 Å². The van der Waals surface area contributed by atoms with Crippen molar-refractivity contribution in [2.75, 3.05) is 0 Å². The van der Waals surface area contributed by atoms with Gasteiger partial charge in [0.25, 0.3) is 0 Å². The minimum Gasteiger partial charge on any atom is -0.268 e. The third-order valence-electron chi connectivity index (χ3n) is 2.44. The van der Waals surface area contributed by atoms with E-state index in [0.29, 0.717) is 17.0 Å². The Balaban J connectivity index is 2.45. The number of hydrogen-bond acceptors (Lipinski definition) is 1. The monoisotopic (exact) mass is 218 g/mol. The van der Waals surface area contributed by atoms with E-state index < -0.39 is 0 Å². The molecule has 4 heteroatoms. The first-order valence-corrected chi connectivity index (χ1v) is 5.50. The highest BCUT2D eigenvalue weighted by molar-refractivity contribution is 6.31. The molecule has 2 nitrogen and oxygen atoms in total. The van der Waals surface area contributed by atoms with E-state index in [2.05, 4.69) is 12.0 Å². The molecule has 0 aliphatic heterocycles. The van der Waals surface area contributed by atoms with Crippen LogP contribution in [-0.2, 0) is 12.4 Å². The van der Waals surface area contributed by atoms with Crippen molar-refractivity contribution in [2.24, 2.45) is 0 Å². The average molecular weight is 219 g/mol. The number of rotatable bonds is 3. The Hall–Kier alpha value is -0.210. The maximum absolute atomic E-state index is 5.98. The van der Waals surface area contributed by atoms with Gasteiger partial charge in [-0.05, 0) is 19.8 Å². The Bertz CT molecular complexity index is 316. The fraction of sp³-hybridized carbons (Fsp3) is 0.667. The van der Waals surface area contributed by atoms with Crippen LogP contribution in [0.1, 0.15) is 36.9 Å². The molecule has 0 spiro atoms. The van der Waals surface area contributed by atoms with Gasteiger partial charge in [-0.15, -0.1) is 11.6 Å². The zero-order valence-electron chi connectivity index (χ0n) is 7.56. The highest BCUT2D eigenvalue weighted by atomic mass is 35.5. The summed E-state index contributed by atoms with van der Waals surface area (Å²) in [5.41, 5.74) is 2.30. The van der Waals surface area contributed by atoms with Crippen molar-refractivity contribution in [3.8, 4) is 0 Å². The Labute approximate surface area is 87.8 Å². The molecule has 0 N–H and O–H groups in total. The number of halogens is 2. The predicted molar refractivity (Wildman–Crippen MR) is 54.4 cm³/mol. The van der Waals surface area contributed by atoms with Gasteiger partial charge in [0.1, 0.15) is 0 Å². The van der Waals surface area contributed by atoms with Gasteiger partial charge in [0.05, 0.1) is 5.88 Å². The maximum Gasteiger partial charge on any atom is 0.155 e. The second-order valence-electron chi connectivity index (χ2n) is 3.38. The van der Waals surface area contributed by atoms with Crippen molar-refractivity contribution >= 4 is 23.2 Å². The van der Waals surface area contributed by atoms with Gasteiger partial charge in [-0.1, -0.05) is 11.6 Å². The van der Waals surface area contributed by atoms with Crippen molar-refractivity contribution in [2.45, 2.75) is 38.1 Å². The number of nitrogens with zero attached hydrogens (tertiary/aromatic N) is 2.